The van der Waals surface area contributed by atoms with Gasteiger partial charge in [0, 0.05) is 41.5 Å². The number of ether oxygens (including phenoxy) is 6. The van der Waals surface area contributed by atoms with Crippen LogP contribution in [0.3, 0.4) is 0 Å². The minimum atomic E-state index is -1.86. The lowest BCUT2D eigenvalue weighted by Crippen LogP contribution is -2.69. The van der Waals surface area contributed by atoms with E-state index in [-0.39, 0.29) is 31.2 Å². The highest BCUT2D eigenvalue weighted by Gasteiger charge is 2.60. The Morgan fingerprint density at radius 2 is 1.83 bits per heavy atom. The number of alkyl carbamates (subject to hydrolysis) is 1. The Hall–Kier alpha value is -3.32. The van der Waals surface area contributed by atoms with Gasteiger partial charge in [-0.1, -0.05) is 40.9 Å². The zero-order chi connectivity index (χ0) is 37.4. The largest absolute Gasteiger partial charge is 0.496 e. The van der Waals surface area contributed by atoms with Crippen LogP contribution in [0.25, 0.3) is 0 Å². The first-order valence-electron chi connectivity index (χ1n) is 16.6. The third-order valence-electron chi connectivity index (χ3n) is 10.6. The van der Waals surface area contributed by atoms with Crippen LogP contribution in [-0.4, -0.2) is 95.7 Å². The van der Waals surface area contributed by atoms with Crippen LogP contribution in [0, 0.1) is 32.1 Å². The summed E-state index contributed by atoms with van der Waals surface area (Å²) in [6.07, 6.45) is -0.360. The molecule has 278 valence electrons. The summed E-state index contributed by atoms with van der Waals surface area (Å²) in [5.41, 5.74) is 6.10. The quantitative estimate of drug-likeness (QED) is 0.243. The highest BCUT2D eigenvalue weighted by molar-refractivity contribution is 7.99. The van der Waals surface area contributed by atoms with Crippen LogP contribution < -0.4 is 24.3 Å². The van der Waals surface area contributed by atoms with Crippen molar-refractivity contribution in [2.75, 3.05) is 39.9 Å². The lowest BCUT2D eigenvalue weighted by atomic mass is 9.70. The molecule has 0 radical (unpaired) electrons. The number of carbonyl (C=O) groups is 3. The maximum atomic E-state index is 13.7. The number of nitriles is 1. The van der Waals surface area contributed by atoms with E-state index >= 15 is 0 Å². The van der Waals surface area contributed by atoms with Gasteiger partial charge in [0.1, 0.15) is 36.8 Å². The number of cyclic esters (lactones) is 1. The van der Waals surface area contributed by atoms with Gasteiger partial charge in [-0.3, -0.25) is 14.6 Å². The number of esters is 2. The molecule has 4 bridgehead atoms. The number of hydrogen-bond acceptors (Lipinski definition) is 13. The first-order valence-corrected chi connectivity index (χ1v) is 18.8. The Labute approximate surface area is 320 Å². The summed E-state index contributed by atoms with van der Waals surface area (Å²) in [4.78, 5) is 43.7. The molecule has 1 amide bonds. The molecule has 5 heterocycles. The number of nitrogens with one attached hydrogen (secondary N) is 1. The number of halogens is 3. The Morgan fingerprint density at radius 1 is 1.10 bits per heavy atom. The number of amides is 1. The number of methoxy groups -OCH3 is 1. The fourth-order valence-electron chi connectivity index (χ4n) is 8.73. The first-order chi connectivity index (χ1) is 24.7. The van der Waals surface area contributed by atoms with Crippen molar-refractivity contribution >= 4 is 64.6 Å². The van der Waals surface area contributed by atoms with Crippen LogP contribution in [0.2, 0.25) is 0 Å². The van der Waals surface area contributed by atoms with Gasteiger partial charge in [-0.05, 0) is 56.5 Å². The van der Waals surface area contributed by atoms with E-state index in [1.165, 1.54) is 18.7 Å². The summed E-state index contributed by atoms with van der Waals surface area (Å²) in [7, 11) is 3.69. The smallest absolute Gasteiger partial charge is 0.408 e. The number of carbonyl (C=O) groups excluding carboxylic acids is 3. The highest BCUT2D eigenvalue weighted by Crippen LogP contribution is 2.63. The molecule has 2 unspecified atom stereocenters. The van der Waals surface area contributed by atoms with Crippen LogP contribution in [0.5, 0.6) is 23.0 Å². The van der Waals surface area contributed by atoms with Crippen molar-refractivity contribution in [2.45, 2.75) is 79.4 Å². The van der Waals surface area contributed by atoms with Gasteiger partial charge in [0.15, 0.2) is 11.5 Å². The molecule has 5 aliphatic heterocycles. The molecule has 5 aliphatic rings. The van der Waals surface area contributed by atoms with Gasteiger partial charge < -0.3 is 33.7 Å². The maximum Gasteiger partial charge on any atom is 0.408 e. The van der Waals surface area contributed by atoms with Gasteiger partial charge in [-0.2, -0.15) is 5.26 Å². The van der Waals surface area contributed by atoms with Crippen molar-refractivity contribution in [2.24, 2.45) is 0 Å². The zero-order valence-corrected chi connectivity index (χ0v) is 32.3. The molecule has 2 fully saturated rings. The molecule has 17 heteroatoms. The van der Waals surface area contributed by atoms with Crippen molar-refractivity contribution < 1.29 is 42.8 Å². The summed E-state index contributed by atoms with van der Waals surface area (Å²) in [6.45, 7) is 6.38. The molecule has 1 N–H and O–H groups in total. The van der Waals surface area contributed by atoms with Crippen LogP contribution in [0.15, 0.2) is 6.07 Å². The Bertz CT molecular complexity index is 1900. The highest BCUT2D eigenvalue weighted by atomic mass is 35.6. The number of likely N-dealkylation sites (N-methyl/N-ethyl adjacent to an activating group) is 1. The van der Waals surface area contributed by atoms with Gasteiger partial charge in [-0.15, -0.1) is 11.8 Å². The average molecular weight is 796 g/mol. The van der Waals surface area contributed by atoms with E-state index in [1.807, 2.05) is 14.0 Å². The van der Waals surface area contributed by atoms with Gasteiger partial charge in [0.25, 0.3) is 0 Å². The van der Waals surface area contributed by atoms with E-state index in [1.54, 1.807) is 14.0 Å². The molecule has 2 aromatic rings. The van der Waals surface area contributed by atoms with Crippen LogP contribution in [0.1, 0.15) is 63.2 Å². The predicted octanol–water partition coefficient (Wildman–Crippen LogP) is 5.30. The Kier molecular flexibility index (Phi) is 9.84. The second-order valence-electron chi connectivity index (χ2n) is 13.5. The molecule has 7 rings (SSSR count). The number of nitrogens with zero attached hydrogens (tertiary/aromatic N) is 3. The van der Waals surface area contributed by atoms with Crippen molar-refractivity contribution in [3.63, 3.8) is 0 Å². The SMILES string of the molecule is COc1c(C)cc2c(c1C)[C@@H]1C3[C@@H]4SCC(NC(=O)OCC(Cl)(Cl)Cl)C(=O)OC[C@@H](c5c6c(c(C)c(OC(C)=O)c54)OCO6)N3[C@@H](C#N)[C@H](C2)N1C. The summed E-state index contributed by atoms with van der Waals surface area (Å²) >= 11 is 18.7. The third kappa shape index (κ3) is 6.07. The molecule has 13 nitrogen and oxygen atoms in total. The molecular weight excluding hydrogens is 759 g/mol. The fraction of sp³-hybridized carbons (Fsp3) is 0.543. The second-order valence-corrected chi connectivity index (χ2v) is 17.2. The molecule has 0 saturated carbocycles. The second kappa shape index (κ2) is 13.8. The van der Waals surface area contributed by atoms with Crippen molar-refractivity contribution in [1.82, 2.24) is 15.1 Å². The lowest BCUT2D eigenvalue weighted by Gasteiger charge is -2.62. The zero-order valence-electron chi connectivity index (χ0n) is 29.2. The van der Waals surface area contributed by atoms with Crippen LogP contribution in [0.4, 0.5) is 4.79 Å². The maximum absolute atomic E-state index is 13.7. The van der Waals surface area contributed by atoms with Crippen molar-refractivity contribution in [1.29, 1.82) is 5.26 Å². The minimum absolute atomic E-state index is 0.00789. The van der Waals surface area contributed by atoms with E-state index in [0.29, 0.717) is 40.4 Å². The summed E-state index contributed by atoms with van der Waals surface area (Å²) < 4.78 is 33.3. The van der Waals surface area contributed by atoms with E-state index < -0.39 is 57.8 Å². The van der Waals surface area contributed by atoms with Crippen molar-refractivity contribution in [3.05, 3.63) is 45.0 Å². The normalized spacial score (nSPS) is 27.7. The standard InChI is InChI=1S/C35H37Cl3N4O9S/c1-14-7-18-8-20-21(9-39)42-22-10-47-33(44)19(40-34(45)48-12-35(36,37)38)11-52-32(27(42)26(41(20)5)23(18)15(2)28(14)46-6)25-24(22)31-30(49-13-50-31)16(3)29(25)51-17(4)43/h7,19-22,26-27,32H,8,10-13H2,1-6H3,(H,40,45)/t19?,20-,21-,22-,26+,27?,32+/m0/s1. The Morgan fingerprint density at radius 3 is 2.50 bits per heavy atom. The molecular formula is C35H37Cl3N4O9S. The van der Waals surface area contributed by atoms with Gasteiger partial charge in [0.05, 0.1) is 30.5 Å². The average Bonchev–Trinajstić information content (AvgIpc) is 3.57. The molecule has 2 saturated heterocycles. The van der Waals surface area contributed by atoms with Gasteiger partial charge in [-0.25, -0.2) is 9.59 Å². The summed E-state index contributed by atoms with van der Waals surface area (Å²) in [6, 6.07) is 1.27. The van der Waals surface area contributed by atoms with Gasteiger partial charge in [0.2, 0.25) is 10.6 Å². The van der Waals surface area contributed by atoms with E-state index in [2.05, 4.69) is 34.2 Å². The Balaban J connectivity index is 1.45. The van der Waals surface area contributed by atoms with E-state index in [0.717, 1.165) is 28.0 Å². The number of fused-ring (bicyclic) bond motifs is 9. The topological polar surface area (TPSA) is 149 Å². The number of rotatable bonds is 4. The third-order valence-corrected chi connectivity index (χ3v) is 12.3. The molecule has 0 aliphatic carbocycles. The van der Waals surface area contributed by atoms with Crippen molar-refractivity contribution in [3.8, 4) is 29.1 Å². The fourth-order valence-corrected chi connectivity index (χ4v) is 10.4. The molecule has 0 spiro atoms. The van der Waals surface area contributed by atoms with E-state index in [4.69, 9.17) is 63.2 Å². The lowest BCUT2D eigenvalue weighted by molar-refractivity contribution is -0.151. The van der Waals surface area contributed by atoms with Crippen LogP contribution in [-0.2, 0) is 25.5 Å². The minimum Gasteiger partial charge on any atom is -0.496 e. The number of benzene rings is 2. The summed E-state index contributed by atoms with van der Waals surface area (Å²) in [5.74, 6) is 0.739. The molecule has 52 heavy (non-hydrogen) atoms. The number of alkyl halides is 3. The molecule has 0 aromatic heterocycles. The molecule has 2 aromatic carbocycles. The van der Waals surface area contributed by atoms with Crippen LogP contribution >= 0.6 is 46.6 Å². The van der Waals surface area contributed by atoms with Gasteiger partial charge >= 0.3 is 18.0 Å². The monoisotopic (exact) mass is 794 g/mol. The number of thioether (sulfide) groups is 1. The van der Waals surface area contributed by atoms with E-state index in [9.17, 15) is 19.6 Å². The predicted molar refractivity (Wildman–Crippen MR) is 192 cm³/mol. The number of aryl methyl sites for hydroxylation is 1. The molecule has 7 atom stereocenters. The number of hydrogen-bond donors (Lipinski definition) is 1. The first kappa shape index (κ1) is 37.0. The number of piperazine rings is 1. The summed E-state index contributed by atoms with van der Waals surface area (Å²) in [5, 5.41) is 13.0.